The Kier molecular flexibility index (Phi) is 5.78. The molecule has 0 unspecified atom stereocenters. The Balaban J connectivity index is 1.30. The van der Waals surface area contributed by atoms with Crippen LogP contribution >= 0.6 is 0 Å². The molecule has 0 aliphatic heterocycles. The summed E-state index contributed by atoms with van der Waals surface area (Å²) in [6.45, 7) is 0. The molecule has 2 aromatic heterocycles. The predicted molar refractivity (Wildman–Crippen MR) is 184 cm³/mol. The number of fused-ring (bicyclic) bond motifs is 6. The summed E-state index contributed by atoms with van der Waals surface area (Å²) in [5.74, 6) is 1.87. The van der Waals surface area contributed by atoms with E-state index in [-0.39, 0.29) is 0 Å². The van der Waals surface area contributed by atoms with E-state index in [1.165, 1.54) is 27.1 Å². The Morgan fingerprint density at radius 2 is 0.978 bits per heavy atom. The van der Waals surface area contributed by atoms with Gasteiger partial charge in [-0.2, -0.15) is 0 Å². The molecule has 0 atom stereocenters. The molecule has 2 heterocycles. The highest BCUT2D eigenvalue weighted by Gasteiger charge is 2.19. The molecule has 0 fully saturated rings. The Morgan fingerprint density at radius 1 is 0.356 bits per heavy atom. The lowest BCUT2D eigenvalue weighted by Gasteiger charge is -2.11. The molecule has 45 heavy (non-hydrogen) atoms. The van der Waals surface area contributed by atoms with Gasteiger partial charge in [0.25, 0.3) is 0 Å². The molecule has 0 N–H and O–H groups in total. The highest BCUT2D eigenvalue weighted by atomic mass is 16.3. The third-order valence-corrected chi connectivity index (χ3v) is 8.51. The molecule has 9 aromatic rings. The van der Waals surface area contributed by atoms with Crippen LogP contribution in [0.2, 0.25) is 0 Å². The van der Waals surface area contributed by atoms with Crippen molar-refractivity contribution in [2.45, 2.75) is 0 Å². The van der Waals surface area contributed by atoms with Crippen molar-refractivity contribution >= 4 is 43.5 Å². The highest BCUT2D eigenvalue weighted by Crippen LogP contribution is 2.40. The summed E-state index contributed by atoms with van der Waals surface area (Å²) in [4.78, 5) is 14.9. The number of nitrogens with zero attached hydrogens (tertiary/aromatic N) is 3. The van der Waals surface area contributed by atoms with Crippen LogP contribution in [0.15, 0.2) is 156 Å². The summed E-state index contributed by atoms with van der Waals surface area (Å²) in [7, 11) is 0. The predicted octanol–water partition coefficient (Wildman–Crippen LogP) is 10.7. The lowest BCUT2D eigenvalue weighted by Crippen LogP contribution is -2.00. The molecule has 0 aliphatic carbocycles. The van der Waals surface area contributed by atoms with Crippen molar-refractivity contribution in [1.82, 2.24) is 15.0 Å². The number of rotatable bonds is 4. The van der Waals surface area contributed by atoms with Crippen molar-refractivity contribution in [3.63, 3.8) is 0 Å². The van der Waals surface area contributed by atoms with Crippen LogP contribution < -0.4 is 0 Å². The third-order valence-electron chi connectivity index (χ3n) is 8.51. The van der Waals surface area contributed by atoms with Crippen molar-refractivity contribution in [1.29, 1.82) is 0 Å². The van der Waals surface area contributed by atoms with Gasteiger partial charge < -0.3 is 4.42 Å². The van der Waals surface area contributed by atoms with Gasteiger partial charge in [-0.25, -0.2) is 15.0 Å². The van der Waals surface area contributed by atoms with Crippen molar-refractivity contribution < 1.29 is 4.42 Å². The van der Waals surface area contributed by atoms with Crippen molar-refractivity contribution in [3.8, 4) is 45.3 Å². The molecule has 4 heteroatoms. The maximum Gasteiger partial charge on any atom is 0.164 e. The van der Waals surface area contributed by atoms with E-state index >= 15 is 0 Å². The summed E-state index contributed by atoms with van der Waals surface area (Å²) in [5, 5.41) is 6.96. The van der Waals surface area contributed by atoms with Gasteiger partial charge in [0.2, 0.25) is 0 Å². The van der Waals surface area contributed by atoms with Gasteiger partial charge in [0, 0.05) is 27.5 Å². The zero-order valence-electron chi connectivity index (χ0n) is 24.2. The molecule has 0 saturated heterocycles. The SMILES string of the molecule is c1ccc(-c2nc(-c3ccccc3)nc(-c3cccc4oc5ccc(-c6cc7ccccc7c7ccccc67)cc5c34)n2)cc1. The molecule has 9 rings (SSSR count). The van der Waals surface area contributed by atoms with E-state index in [0.717, 1.165) is 44.2 Å². The summed E-state index contributed by atoms with van der Waals surface area (Å²) >= 11 is 0. The van der Waals surface area contributed by atoms with Gasteiger partial charge in [0.05, 0.1) is 0 Å². The second-order valence-corrected chi connectivity index (χ2v) is 11.2. The van der Waals surface area contributed by atoms with Crippen LogP contribution in [-0.4, -0.2) is 15.0 Å². The Hall–Kier alpha value is -6.13. The topological polar surface area (TPSA) is 51.8 Å². The number of benzene rings is 7. The first-order valence-electron chi connectivity index (χ1n) is 15.0. The second-order valence-electron chi connectivity index (χ2n) is 11.2. The van der Waals surface area contributed by atoms with Gasteiger partial charge in [-0.15, -0.1) is 0 Å². The molecular weight excluding hydrogens is 550 g/mol. The number of hydrogen-bond donors (Lipinski definition) is 0. The smallest absolute Gasteiger partial charge is 0.164 e. The van der Waals surface area contributed by atoms with E-state index in [2.05, 4.69) is 78.9 Å². The Labute approximate surface area is 259 Å². The highest BCUT2D eigenvalue weighted by molar-refractivity contribution is 6.16. The number of furan rings is 1. The quantitative estimate of drug-likeness (QED) is 0.196. The summed E-state index contributed by atoms with van der Waals surface area (Å²) < 4.78 is 6.42. The van der Waals surface area contributed by atoms with Crippen molar-refractivity contribution in [3.05, 3.63) is 152 Å². The van der Waals surface area contributed by atoms with Gasteiger partial charge in [0.15, 0.2) is 17.5 Å². The molecule has 0 radical (unpaired) electrons. The Bertz CT molecular complexity index is 2480. The Morgan fingerprint density at radius 3 is 1.71 bits per heavy atom. The fourth-order valence-corrected chi connectivity index (χ4v) is 6.40. The van der Waals surface area contributed by atoms with Crippen LogP contribution in [0.25, 0.3) is 88.8 Å². The number of aromatic nitrogens is 3. The summed E-state index contributed by atoms with van der Waals surface area (Å²) in [6.07, 6.45) is 0. The standard InChI is InChI=1S/C41H25N3O/c1-3-12-26(13-4-1)39-42-40(27-14-5-2-6-15-27)44-41(43-39)33-20-11-21-37-38(33)35-25-29(22-23-36(35)45-37)34-24-28-16-7-8-17-30(28)31-18-9-10-19-32(31)34/h1-25H. The first kappa shape index (κ1) is 25.4. The van der Waals surface area contributed by atoms with E-state index in [1.54, 1.807) is 0 Å². The van der Waals surface area contributed by atoms with Gasteiger partial charge in [-0.1, -0.05) is 127 Å². The molecule has 7 aromatic carbocycles. The summed E-state index contributed by atoms with van der Waals surface area (Å²) in [6, 6.07) is 52.2. The molecule has 0 spiro atoms. The average molecular weight is 576 g/mol. The zero-order valence-corrected chi connectivity index (χ0v) is 24.2. The monoisotopic (exact) mass is 575 g/mol. The van der Waals surface area contributed by atoms with Crippen molar-refractivity contribution in [2.24, 2.45) is 0 Å². The van der Waals surface area contributed by atoms with Gasteiger partial charge in [-0.05, 0) is 56.9 Å². The van der Waals surface area contributed by atoms with Crippen molar-refractivity contribution in [2.75, 3.05) is 0 Å². The molecule has 0 saturated carbocycles. The lowest BCUT2D eigenvalue weighted by molar-refractivity contribution is 0.669. The first-order valence-corrected chi connectivity index (χ1v) is 15.0. The van der Waals surface area contributed by atoms with E-state index in [1.807, 2.05) is 72.8 Å². The molecule has 0 amide bonds. The lowest BCUT2D eigenvalue weighted by atomic mass is 9.92. The van der Waals surface area contributed by atoms with Gasteiger partial charge in [-0.3, -0.25) is 0 Å². The van der Waals surface area contributed by atoms with Crippen LogP contribution in [0.5, 0.6) is 0 Å². The van der Waals surface area contributed by atoms with Crippen LogP contribution in [0.1, 0.15) is 0 Å². The molecule has 4 nitrogen and oxygen atoms in total. The molecule has 0 aliphatic rings. The maximum absolute atomic E-state index is 6.42. The molecule has 0 bridgehead atoms. The summed E-state index contributed by atoms with van der Waals surface area (Å²) in [5.41, 5.74) is 6.73. The zero-order chi connectivity index (χ0) is 29.7. The van der Waals surface area contributed by atoms with Crippen LogP contribution in [0.3, 0.4) is 0 Å². The minimum atomic E-state index is 0.609. The number of hydrogen-bond acceptors (Lipinski definition) is 4. The second kappa shape index (κ2) is 10.2. The van der Waals surface area contributed by atoms with Crippen LogP contribution in [-0.2, 0) is 0 Å². The fourth-order valence-electron chi connectivity index (χ4n) is 6.40. The van der Waals surface area contributed by atoms with Crippen LogP contribution in [0.4, 0.5) is 0 Å². The minimum Gasteiger partial charge on any atom is -0.456 e. The van der Waals surface area contributed by atoms with Crippen LogP contribution in [0, 0.1) is 0 Å². The average Bonchev–Trinajstić information content (AvgIpc) is 3.50. The normalized spacial score (nSPS) is 11.6. The van der Waals surface area contributed by atoms with E-state index in [4.69, 9.17) is 19.4 Å². The maximum atomic E-state index is 6.42. The van der Waals surface area contributed by atoms with E-state index in [0.29, 0.717) is 17.5 Å². The molecular formula is C41H25N3O. The minimum absolute atomic E-state index is 0.609. The third kappa shape index (κ3) is 4.27. The molecule has 210 valence electrons. The largest absolute Gasteiger partial charge is 0.456 e. The first-order chi connectivity index (χ1) is 22.3. The van der Waals surface area contributed by atoms with E-state index in [9.17, 15) is 0 Å². The van der Waals surface area contributed by atoms with Gasteiger partial charge in [0.1, 0.15) is 11.2 Å². The van der Waals surface area contributed by atoms with Gasteiger partial charge >= 0.3 is 0 Å². The van der Waals surface area contributed by atoms with E-state index < -0.39 is 0 Å². The fraction of sp³-hybridized carbons (Fsp3) is 0.